The number of hydrogen-bond acceptors (Lipinski definition) is 0. The van der Waals surface area contributed by atoms with Crippen molar-refractivity contribution in [3.05, 3.63) is 82.9 Å². The van der Waals surface area contributed by atoms with Crippen molar-refractivity contribution < 1.29 is 0 Å². The zero-order valence-electron chi connectivity index (χ0n) is 20.3. The second-order valence-electron chi connectivity index (χ2n) is 8.59. The summed E-state index contributed by atoms with van der Waals surface area (Å²) in [5.74, 6) is 12.6. The van der Waals surface area contributed by atoms with Crippen LogP contribution in [0.15, 0.2) is 60.7 Å². The van der Waals surface area contributed by atoms with Gasteiger partial charge in [-0.05, 0) is 73.2 Å². The van der Waals surface area contributed by atoms with E-state index in [-0.39, 0.29) is 0 Å². The highest BCUT2D eigenvalue weighted by Gasteiger charge is 1.95. The molecule has 0 spiro atoms. The van der Waals surface area contributed by atoms with Crippen LogP contribution in [0.3, 0.4) is 0 Å². The Morgan fingerprint density at radius 3 is 1.25 bits per heavy atom. The Morgan fingerprint density at radius 2 is 0.875 bits per heavy atom. The van der Waals surface area contributed by atoms with Gasteiger partial charge in [0.25, 0.3) is 0 Å². The first-order chi connectivity index (χ1) is 15.8. The van der Waals surface area contributed by atoms with Gasteiger partial charge in [-0.3, -0.25) is 0 Å². The molecule has 0 aliphatic rings. The third-order valence-electron chi connectivity index (χ3n) is 5.73. The number of allylic oxidation sites excluding steroid dienone is 2. The molecular weight excluding hydrogens is 384 g/mol. The van der Waals surface area contributed by atoms with E-state index in [9.17, 15) is 0 Å². The predicted octanol–water partition coefficient (Wildman–Crippen LogP) is 8.67. The highest BCUT2D eigenvalue weighted by molar-refractivity contribution is 5.42. The first-order valence-corrected chi connectivity index (χ1v) is 12.7. The maximum Gasteiger partial charge on any atom is 0.0249 e. The topological polar surface area (TPSA) is 0 Å². The van der Waals surface area contributed by atoms with E-state index in [0.29, 0.717) is 0 Å². The molecule has 0 heteroatoms. The van der Waals surface area contributed by atoms with Gasteiger partial charge in [-0.1, -0.05) is 113 Å². The van der Waals surface area contributed by atoms with Crippen LogP contribution >= 0.6 is 0 Å². The van der Waals surface area contributed by atoms with Crippen molar-refractivity contribution in [3.8, 4) is 23.7 Å². The monoisotopic (exact) mass is 424 g/mol. The van der Waals surface area contributed by atoms with Crippen molar-refractivity contribution >= 4 is 0 Å². The molecule has 32 heavy (non-hydrogen) atoms. The van der Waals surface area contributed by atoms with Gasteiger partial charge in [-0.2, -0.15) is 0 Å². The lowest BCUT2D eigenvalue weighted by molar-refractivity contribution is 0.632. The minimum Gasteiger partial charge on any atom is -0.0689 e. The minimum atomic E-state index is 1.06. The van der Waals surface area contributed by atoms with Crippen molar-refractivity contribution in [2.75, 3.05) is 0 Å². The lowest BCUT2D eigenvalue weighted by Crippen LogP contribution is -1.86. The van der Waals surface area contributed by atoms with Crippen molar-refractivity contribution in [1.29, 1.82) is 0 Å². The van der Waals surface area contributed by atoms with Crippen LogP contribution in [0.4, 0.5) is 0 Å². The zero-order valence-corrected chi connectivity index (χ0v) is 20.3. The van der Waals surface area contributed by atoms with Gasteiger partial charge in [0.1, 0.15) is 0 Å². The second-order valence-corrected chi connectivity index (χ2v) is 8.59. The normalized spacial score (nSPS) is 10.4. The molecule has 0 atom stereocenters. The maximum atomic E-state index is 3.19. The molecule has 0 aromatic heterocycles. The molecule has 0 saturated heterocycles. The molecule has 0 nitrogen and oxygen atoms in total. The second kappa shape index (κ2) is 16.9. The molecule has 0 amide bonds. The van der Waals surface area contributed by atoms with E-state index in [0.717, 1.165) is 11.1 Å². The molecule has 0 aliphatic carbocycles. The molecule has 0 heterocycles. The molecule has 0 N–H and O–H groups in total. The van der Waals surface area contributed by atoms with Gasteiger partial charge >= 0.3 is 0 Å². The summed E-state index contributed by atoms with van der Waals surface area (Å²) < 4.78 is 0. The molecule has 168 valence electrons. The average Bonchev–Trinajstić information content (AvgIpc) is 2.83. The summed E-state index contributed by atoms with van der Waals surface area (Å²) in [4.78, 5) is 0. The highest BCUT2D eigenvalue weighted by atomic mass is 14.0. The van der Waals surface area contributed by atoms with Crippen molar-refractivity contribution in [2.45, 2.75) is 90.9 Å². The fourth-order valence-electron chi connectivity index (χ4n) is 3.71. The predicted molar refractivity (Wildman–Crippen MR) is 141 cm³/mol. The Labute approximate surface area is 197 Å². The van der Waals surface area contributed by atoms with Crippen LogP contribution in [0.5, 0.6) is 0 Å². The molecule has 0 radical (unpaired) electrons. The van der Waals surface area contributed by atoms with Gasteiger partial charge in [0, 0.05) is 11.1 Å². The summed E-state index contributed by atoms with van der Waals surface area (Å²) in [6.07, 6.45) is 19.3. The number of aryl methyl sites for hydroxylation is 2. The lowest BCUT2D eigenvalue weighted by Gasteiger charge is -2.01. The largest absolute Gasteiger partial charge is 0.0689 e. The fraction of sp³-hybridized carbons (Fsp3) is 0.438. The van der Waals surface area contributed by atoms with Gasteiger partial charge < -0.3 is 0 Å². The lowest BCUT2D eigenvalue weighted by atomic mass is 10.0. The maximum absolute atomic E-state index is 3.19. The number of rotatable bonds is 12. The van der Waals surface area contributed by atoms with Gasteiger partial charge in [0.15, 0.2) is 0 Å². The van der Waals surface area contributed by atoms with E-state index in [1.165, 1.54) is 88.2 Å². The first-order valence-electron chi connectivity index (χ1n) is 12.7. The summed E-state index contributed by atoms with van der Waals surface area (Å²) in [5.41, 5.74) is 4.94. The summed E-state index contributed by atoms with van der Waals surface area (Å²) in [5, 5.41) is 0. The average molecular weight is 425 g/mol. The quantitative estimate of drug-likeness (QED) is 0.236. The molecule has 0 saturated carbocycles. The third-order valence-corrected chi connectivity index (χ3v) is 5.73. The van der Waals surface area contributed by atoms with Gasteiger partial charge in [0.2, 0.25) is 0 Å². The standard InChI is InChI=1S/C32H40/c1-3-5-7-9-13-17-29-21-25-31(26-22-29)19-15-11-12-16-20-32-27-23-30(24-28-32)18-14-10-8-6-4-2/h11-12,21-28H,3-10,13-14,17-18H2,1-2H3/b12-11+. The van der Waals surface area contributed by atoms with Crippen LogP contribution in [-0.4, -0.2) is 0 Å². The summed E-state index contributed by atoms with van der Waals surface area (Å²) in [6.45, 7) is 4.52. The van der Waals surface area contributed by atoms with Crippen LogP contribution in [0.2, 0.25) is 0 Å². The Kier molecular flexibility index (Phi) is 13.5. The van der Waals surface area contributed by atoms with Crippen molar-refractivity contribution in [3.63, 3.8) is 0 Å². The van der Waals surface area contributed by atoms with E-state index in [1.54, 1.807) is 0 Å². The van der Waals surface area contributed by atoms with Crippen LogP contribution < -0.4 is 0 Å². The van der Waals surface area contributed by atoms with Crippen LogP contribution in [0, 0.1) is 23.7 Å². The molecule has 0 unspecified atom stereocenters. The van der Waals surface area contributed by atoms with E-state index in [2.05, 4.69) is 86.1 Å². The summed E-state index contributed by atoms with van der Waals surface area (Å²) in [6, 6.07) is 17.3. The zero-order chi connectivity index (χ0) is 22.7. The van der Waals surface area contributed by atoms with Crippen LogP contribution in [0.25, 0.3) is 0 Å². The van der Waals surface area contributed by atoms with E-state index in [1.807, 2.05) is 12.2 Å². The van der Waals surface area contributed by atoms with Gasteiger partial charge in [-0.25, -0.2) is 0 Å². The first kappa shape index (κ1) is 25.6. The smallest absolute Gasteiger partial charge is 0.0249 e. The fourth-order valence-corrected chi connectivity index (χ4v) is 3.71. The summed E-state index contributed by atoms with van der Waals surface area (Å²) >= 11 is 0. The Balaban J connectivity index is 1.71. The molecule has 0 bridgehead atoms. The molecule has 0 aliphatic heterocycles. The Hall–Kier alpha value is -2.70. The van der Waals surface area contributed by atoms with Gasteiger partial charge in [-0.15, -0.1) is 0 Å². The van der Waals surface area contributed by atoms with Crippen LogP contribution in [0.1, 0.15) is 100 Å². The summed E-state index contributed by atoms with van der Waals surface area (Å²) in [7, 11) is 0. The third kappa shape index (κ3) is 11.6. The van der Waals surface area contributed by atoms with Crippen molar-refractivity contribution in [1.82, 2.24) is 0 Å². The molecule has 2 aromatic carbocycles. The van der Waals surface area contributed by atoms with Gasteiger partial charge in [0.05, 0.1) is 0 Å². The molecular formula is C32H40. The van der Waals surface area contributed by atoms with Crippen molar-refractivity contribution in [2.24, 2.45) is 0 Å². The Bertz CT molecular complexity index is 811. The number of hydrogen-bond donors (Lipinski definition) is 0. The molecule has 2 aromatic rings. The molecule has 2 rings (SSSR count). The van der Waals surface area contributed by atoms with E-state index < -0.39 is 0 Å². The number of unbranched alkanes of at least 4 members (excludes halogenated alkanes) is 8. The Morgan fingerprint density at radius 1 is 0.500 bits per heavy atom. The minimum absolute atomic E-state index is 1.06. The SMILES string of the molecule is CCCCCCCc1ccc(C#C/C=C/C#Cc2ccc(CCCCCCC)cc2)cc1. The van der Waals surface area contributed by atoms with E-state index >= 15 is 0 Å². The highest BCUT2D eigenvalue weighted by Crippen LogP contribution is 2.11. The van der Waals surface area contributed by atoms with Crippen LogP contribution in [-0.2, 0) is 12.8 Å². The number of benzene rings is 2. The van der Waals surface area contributed by atoms with E-state index in [4.69, 9.17) is 0 Å². The molecule has 0 fully saturated rings.